The van der Waals surface area contributed by atoms with Gasteiger partial charge >= 0.3 is 0 Å². The number of pyridine rings is 1. The van der Waals surface area contributed by atoms with Gasteiger partial charge in [-0.2, -0.15) is 0 Å². The van der Waals surface area contributed by atoms with E-state index in [9.17, 15) is 4.79 Å². The third-order valence-corrected chi connectivity index (χ3v) is 3.14. The van der Waals surface area contributed by atoms with E-state index in [0.717, 1.165) is 5.56 Å². The van der Waals surface area contributed by atoms with Gasteiger partial charge in [0, 0.05) is 23.7 Å². The van der Waals surface area contributed by atoms with Gasteiger partial charge in [-0.05, 0) is 18.6 Å². The maximum Gasteiger partial charge on any atom is 0.251 e. The molecule has 7 heteroatoms. The van der Waals surface area contributed by atoms with Crippen LogP contribution in [0.4, 0.5) is 5.82 Å². The first-order valence-electron chi connectivity index (χ1n) is 5.29. The normalized spacial score (nSPS) is 10.3. The van der Waals surface area contributed by atoms with Gasteiger partial charge in [0.1, 0.15) is 5.82 Å². The molecule has 4 N–H and O–H groups in total. The molecule has 0 spiro atoms. The zero-order valence-electron chi connectivity index (χ0n) is 9.80. The van der Waals surface area contributed by atoms with Crippen LogP contribution in [0.15, 0.2) is 34.3 Å². The molecule has 2 heterocycles. The van der Waals surface area contributed by atoms with E-state index in [1.165, 1.54) is 17.8 Å². The number of rotatable bonds is 4. The monoisotopic (exact) mass is 263 g/mol. The summed E-state index contributed by atoms with van der Waals surface area (Å²) in [5, 5.41) is 0.612. The van der Waals surface area contributed by atoms with E-state index in [-0.39, 0.29) is 5.56 Å². The molecule has 0 fully saturated rings. The Hall–Kier alpha value is -1.86. The highest BCUT2D eigenvalue weighted by atomic mass is 32.2. The number of aryl methyl sites for hydroxylation is 1. The number of hydrogen-bond acceptors (Lipinski definition) is 6. The molecule has 0 saturated carbocycles. The van der Waals surface area contributed by atoms with Crippen molar-refractivity contribution in [2.24, 2.45) is 5.84 Å². The van der Waals surface area contributed by atoms with Crippen LogP contribution < -0.4 is 16.8 Å². The molecule has 0 aliphatic rings. The molecule has 94 valence electrons. The maximum atomic E-state index is 11.3. The van der Waals surface area contributed by atoms with Crippen LogP contribution in [-0.2, 0) is 5.75 Å². The number of hydrazine groups is 1. The predicted octanol–water partition coefficient (Wildman–Crippen LogP) is 1.05. The van der Waals surface area contributed by atoms with Gasteiger partial charge < -0.3 is 10.4 Å². The van der Waals surface area contributed by atoms with E-state index in [2.05, 4.69) is 20.4 Å². The topological polar surface area (TPSA) is 96.7 Å². The first-order chi connectivity index (χ1) is 8.67. The summed E-state index contributed by atoms with van der Waals surface area (Å²) in [6.07, 6.45) is 1.73. The summed E-state index contributed by atoms with van der Waals surface area (Å²) >= 11 is 1.46. The first-order valence-corrected chi connectivity index (χ1v) is 6.28. The van der Waals surface area contributed by atoms with Crippen molar-refractivity contribution in [1.29, 1.82) is 0 Å². The summed E-state index contributed by atoms with van der Waals surface area (Å²) in [6.45, 7) is 1.79. The van der Waals surface area contributed by atoms with Crippen molar-refractivity contribution in [3.8, 4) is 0 Å². The van der Waals surface area contributed by atoms with Crippen LogP contribution in [0.1, 0.15) is 11.3 Å². The Morgan fingerprint density at radius 3 is 2.94 bits per heavy atom. The SMILES string of the molecule is Cc1cc(=O)[nH]c(SCc2ccc(NN)nc2)n1. The van der Waals surface area contributed by atoms with E-state index in [4.69, 9.17) is 5.84 Å². The second-order valence-electron chi connectivity index (χ2n) is 3.68. The predicted molar refractivity (Wildman–Crippen MR) is 71.2 cm³/mol. The summed E-state index contributed by atoms with van der Waals surface area (Å²) in [4.78, 5) is 22.3. The van der Waals surface area contributed by atoms with E-state index < -0.39 is 0 Å². The Morgan fingerprint density at radius 1 is 1.50 bits per heavy atom. The van der Waals surface area contributed by atoms with Crippen molar-refractivity contribution in [3.05, 3.63) is 46.0 Å². The summed E-state index contributed by atoms with van der Waals surface area (Å²) in [5.41, 5.74) is 4.07. The number of nitrogens with zero attached hydrogens (tertiary/aromatic N) is 2. The summed E-state index contributed by atoms with van der Waals surface area (Å²) in [5.74, 6) is 6.53. The molecule has 2 aromatic heterocycles. The van der Waals surface area contributed by atoms with E-state index >= 15 is 0 Å². The Morgan fingerprint density at radius 2 is 2.33 bits per heavy atom. The summed E-state index contributed by atoms with van der Waals surface area (Å²) in [7, 11) is 0. The Bertz CT molecular complexity index is 581. The molecule has 0 aliphatic heterocycles. The third-order valence-electron chi connectivity index (χ3n) is 2.20. The fourth-order valence-electron chi connectivity index (χ4n) is 1.37. The van der Waals surface area contributed by atoms with Crippen LogP contribution in [0.2, 0.25) is 0 Å². The molecule has 18 heavy (non-hydrogen) atoms. The molecule has 2 aromatic rings. The number of aromatic nitrogens is 3. The largest absolute Gasteiger partial charge is 0.308 e. The third kappa shape index (κ3) is 3.31. The van der Waals surface area contributed by atoms with Gasteiger partial charge in [0.05, 0.1) is 0 Å². The van der Waals surface area contributed by atoms with Gasteiger partial charge in [-0.25, -0.2) is 15.8 Å². The number of thioether (sulfide) groups is 1. The minimum Gasteiger partial charge on any atom is -0.308 e. The molecule has 0 atom stereocenters. The van der Waals surface area contributed by atoms with Gasteiger partial charge in [-0.1, -0.05) is 17.8 Å². The molecule has 2 rings (SSSR count). The van der Waals surface area contributed by atoms with Crippen molar-refractivity contribution in [3.63, 3.8) is 0 Å². The highest BCUT2D eigenvalue weighted by Gasteiger charge is 2.01. The van der Waals surface area contributed by atoms with Crippen LogP contribution in [-0.4, -0.2) is 15.0 Å². The molecule has 0 aliphatic carbocycles. The van der Waals surface area contributed by atoms with Gasteiger partial charge in [-0.15, -0.1) is 0 Å². The second kappa shape index (κ2) is 5.65. The molecule has 0 radical (unpaired) electrons. The Balaban J connectivity index is 2.04. The van der Waals surface area contributed by atoms with Crippen molar-refractivity contribution in [2.75, 3.05) is 5.43 Å². The summed E-state index contributed by atoms with van der Waals surface area (Å²) < 4.78 is 0. The maximum absolute atomic E-state index is 11.3. The number of anilines is 1. The molecule has 0 unspecified atom stereocenters. The minimum atomic E-state index is -0.134. The molecular formula is C11H13N5OS. The highest BCUT2D eigenvalue weighted by Crippen LogP contribution is 2.18. The van der Waals surface area contributed by atoms with E-state index in [0.29, 0.717) is 22.4 Å². The lowest BCUT2D eigenvalue weighted by Gasteiger charge is -2.03. The molecule has 0 bridgehead atoms. The standard InChI is InChI=1S/C11H13N5OS/c1-7-4-10(17)15-11(14-7)18-6-8-2-3-9(16-12)13-5-8/h2-5H,6,12H2,1H3,(H,13,16)(H,14,15,17). The van der Waals surface area contributed by atoms with Crippen LogP contribution in [0.3, 0.4) is 0 Å². The first kappa shape index (κ1) is 12.6. The number of hydrogen-bond donors (Lipinski definition) is 3. The molecule has 0 amide bonds. The van der Waals surface area contributed by atoms with Crippen molar-refractivity contribution < 1.29 is 0 Å². The number of aromatic amines is 1. The van der Waals surface area contributed by atoms with Gasteiger partial charge in [0.2, 0.25) is 0 Å². The lowest BCUT2D eigenvalue weighted by atomic mass is 10.3. The summed E-state index contributed by atoms with van der Waals surface area (Å²) in [6, 6.07) is 5.18. The minimum absolute atomic E-state index is 0.134. The lowest BCUT2D eigenvalue weighted by Crippen LogP contribution is -2.08. The number of H-pyrrole nitrogens is 1. The van der Waals surface area contributed by atoms with Crippen molar-refractivity contribution >= 4 is 17.6 Å². The molecule has 0 saturated heterocycles. The fraction of sp³-hybridized carbons (Fsp3) is 0.182. The lowest BCUT2D eigenvalue weighted by molar-refractivity contribution is 0.905. The zero-order chi connectivity index (χ0) is 13.0. The van der Waals surface area contributed by atoms with E-state index in [1.807, 2.05) is 6.07 Å². The average molecular weight is 263 g/mol. The van der Waals surface area contributed by atoms with Crippen molar-refractivity contribution in [1.82, 2.24) is 15.0 Å². The van der Waals surface area contributed by atoms with Gasteiger partial charge in [-0.3, -0.25) is 4.79 Å². The second-order valence-corrected chi connectivity index (χ2v) is 4.64. The Labute approximate surface area is 108 Å². The van der Waals surface area contributed by atoms with Crippen LogP contribution >= 0.6 is 11.8 Å². The molecule has 6 nitrogen and oxygen atoms in total. The van der Waals surface area contributed by atoms with Crippen LogP contribution in [0.25, 0.3) is 0 Å². The number of nitrogens with two attached hydrogens (primary N) is 1. The quantitative estimate of drug-likeness (QED) is 0.330. The number of nitrogens with one attached hydrogen (secondary N) is 2. The van der Waals surface area contributed by atoms with E-state index in [1.54, 1.807) is 19.2 Å². The Kier molecular flexibility index (Phi) is 3.96. The van der Waals surface area contributed by atoms with Gasteiger partial charge in [0.15, 0.2) is 5.16 Å². The number of nitrogen functional groups attached to an aromatic ring is 1. The smallest absolute Gasteiger partial charge is 0.251 e. The van der Waals surface area contributed by atoms with Crippen LogP contribution in [0, 0.1) is 6.92 Å². The molecule has 0 aromatic carbocycles. The highest BCUT2D eigenvalue weighted by molar-refractivity contribution is 7.98. The van der Waals surface area contributed by atoms with Gasteiger partial charge in [0.25, 0.3) is 5.56 Å². The van der Waals surface area contributed by atoms with Crippen LogP contribution in [0.5, 0.6) is 0 Å². The van der Waals surface area contributed by atoms with Crippen molar-refractivity contribution in [2.45, 2.75) is 17.8 Å². The average Bonchev–Trinajstić information content (AvgIpc) is 2.36. The fourth-order valence-corrected chi connectivity index (χ4v) is 2.22. The molecular weight excluding hydrogens is 250 g/mol. The zero-order valence-corrected chi connectivity index (χ0v) is 10.6.